The predicted molar refractivity (Wildman–Crippen MR) is 173 cm³/mol. The Hall–Kier alpha value is -4.40. The molecule has 0 saturated heterocycles. The van der Waals surface area contributed by atoms with Crippen LogP contribution in [0.1, 0.15) is 45.5 Å². The van der Waals surface area contributed by atoms with Gasteiger partial charge in [0.25, 0.3) is 0 Å². The van der Waals surface area contributed by atoms with Crippen molar-refractivity contribution in [2.45, 2.75) is 37.8 Å². The lowest BCUT2D eigenvalue weighted by Gasteiger charge is -2.37. The van der Waals surface area contributed by atoms with Crippen molar-refractivity contribution >= 4 is 0 Å². The standard InChI is InChI=1S/C37H40N2O6/c1-38-14-12-24-20-34-32(42-4)21-27(24)28(38)16-22-6-9-26(10-7-22)44-33-18-23(8-11-31(33)41-3)17-29-35-25(13-15-39(29)2)19-30(40)36(43-5)37(35)45-34/h6-11,18-21,28-29,40H,12-17H2,1-5H3/t28-,29+/m1/s1. The number of hydrogen-bond donors (Lipinski definition) is 1. The zero-order valence-corrected chi connectivity index (χ0v) is 26.6. The van der Waals surface area contributed by atoms with E-state index in [-0.39, 0.29) is 17.8 Å². The maximum atomic E-state index is 11.1. The minimum Gasteiger partial charge on any atom is -0.504 e. The Kier molecular flexibility index (Phi) is 7.71. The second-order valence-electron chi connectivity index (χ2n) is 12.3. The molecule has 0 fully saturated rings. The van der Waals surface area contributed by atoms with Gasteiger partial charge in [-0.05, 0) is 110 Å². The molecule has 1 N–H and O–H groups in total. The molecule has 2 atom stereocenters. The van der Waals surface area contributed by atoms with Crippen LogP contribution in [0.5, 0.6) is 46.0 Å². The molecule has 0 spiro atoms. The van der Waals surface area contributed by atoms with Gasteiger partial charge in [-0.2, -0.15) is 0 Å². The number of aromatic hydroxyl groups is 1. The first-order valence-electron chi connectivity index (χ1n) is 15.5. The molecule has 8 bridgehead atoms. The predicted octanol–water partition coefficient (Wildman–Crippen LogP) is 6.86. The third-order valence-corrected chi connectivity index (χ3v) is 9.64. The smallest absolute Gasteiger partial charge is 0.204 e. The molecule has 0 amide bonds. The molecule has 5 heterocycles. The maximum absolute atomic E-state index is 11.1. The first-order valence-corrected chi connectivity index (χ1v) is 15.5. The van der Waals surface area contributed by atoms with E-state index in [4.69, 9.17) is 23.7 Å². The number of fused-ring (bicyclic) bond motifs is 1. The van der Waals surface area contributed by atoms with Gasteiger partial charge >= 0.3 is 0 Å². The quantitative estimate of drug-likeness (QED) is 0.271. The number of rotatable bonds is 3. The van der Waals surface area contributed by atoms with Crippen LogP contribution in [-0.2, 0) is 25.7 Å². The van der Waals surface area contributed by atoms with Crippen molar-refractivity contribution in [3.8, 4) is 46.0 Å². The highest BCUT2D eigenvalue weighted by Gasteiger charge is 2.34. The van der Waals surface area contributed by atoms with Crippen molar-refractivity contribution in [1.29, 1.82) is 0 Å². The fourth-order valence-electron chi connectivity index (χ4n) is 7.14. The van der Waals surface area contributed by atoms with Gasteiger partial charge in [-0.25, -0.2) is 0 Å². The molecular formula is C37H40N2O6. The van der Waals surface area contributed by atoms with Crippen LogP contribution in [0.3, 0.4) is 0 Å². The largest absolute Gasteiger partial charge is 0.504 e. The van der Waals surface area contributed by atoms with Gasteiger partial charge < -0.3 is 28.8 Å². The molecule has 45 heavy (non-hydrogen) atoms. The van der Waals surface area contributed by atoms with Crippen LogP contribution < -0.4 is 23.7 Å². The molecule has 234 valence electrons. The summed E-state index contributed by atoms with van der Waals surface area (Å²) in [6.45, 7) is 1.77. The summed E-state index contributed by atoms with van der Waals surface area (Å²) in [6.07, 6.45) is 3.20. The molecule has 5 aliphatic rings. The van der Waals surface area contributed by atoms with Gasteiger partial charge in [-0.1, -0.05) is 18.2 Å². The Balaban J connectivity index is 1.45. The minimum atomic E-state index is -0.0532. The normalized spacial score (nSPS) is 19.4. The zero-order chi connectivity index (χ0) is 31.2. The number of benzene rings is 4. The van der Waals surface area contributed by atoms with E-state index in [1.54, 1.807) is 21.3 Å². The van der Waals surface area contributed by atoms with Crippen molar-refractivity contribution in [2.24, 2.45) is 0 Å². The number of hydrogen-bond acceptors (Lipinski definition) is 8. The monoisotopic (exact) mass is 608 g/mol. The molecule has 5 aliphatic heterocycles. The summed E-state index contributed by atoms with van der Waals surface area (Å²) in [5.74, 6) is 4.26. The molecule has 0 aliphatic carbocycles. The average molecular weight is 609 g/mol. The lowest BCUT2D eigenvalue weighted by atomic mass is 9.87. The molecule has 8 nitrogen and oxygen atoms in total. The number of phenolic OH excluding ortho intramolecular Hbond substituents is 1. The van der Waals surface area contributed by atoms with Crippen LogP contribution in [0.2, 0.25) is 0 Å². The summed E-state index contributed by atoms with van der Waals surface area (Å²) in [5, 5.41) is 11.1. The summed E-state index contributed by atoms with van der Waals surface area (Å²) < 4.78 is 30.7. The Morgan fingerprint density at radius 2 is 1.36 bits per heavy atom. The van der Waals surface area contributed by atoms with Gasteiger partial charge in [0.2, 0.25) is 5.75 Å². The third-order valence-electron chi connectivity index (χ3n) is 9.64. The van der Waals surface area contributed by atoms with E-state index < -0.39 is 0 Å². The van der Waals surface area contributed by atoms with Crippen LogP contribution in [0.25, 0.3) is 0 Å². The van der Waals surface area contributed by atoms with E-state index in [9.17, 15) is 5.11 Å². The molecule has 0 radical (unpaired) electrons. The average Bonchev–Trinajstić information content (AvgIpc) is 3.04. The van der Waals surface area contributed by atoms with E-state index >= 15 is 0 Å². The number of ether oxygens (including phenoxy) is 5. The van der Waals surface area contributed by atoms with Crippen LogP contribution in [-0.4, -0.2) is 63.4 Å². The van der Waals surface area contributed by atoms with Crippen molar-refractivity contribution < 1.29 is 28.8 Å². The van der Waals surface area contributed by atoms with Gasteiger partial charge in [-0.15, -0.1) is 0 Å². The van der Waals surface area contributed by atoms with E-state index in [2.05, 4.69) is 60.3 Å². The Morgan fingerprint density at radius 3 is 2.09 bits per heavy atom. The van der Waals surface area contributed by atoms with Crippen molar-refractivity contribution in [1.82, 2.24) is 9.80 Å². The van der Waals surface area contributed by atoms with Gasteiger partial charge in [0.1, 0.15) is 5.75 Å². The number of likely N-dealkylation sites (N-methyl/N-ethyl adjacent to an activating group) is 2. The molecule has 0 saturated carbocycles. The fourth-order valence-corrected chi connectivity index (χ4v) is 7.14. The summed E-state index contributed by atoms with van der Waals surface area (Å²) in [4.78, 5) is 4.74. The van der Waals surface area contributed by atoms with E-state index in [1.807, 2.05) is 24.3 Å². The number of nitrogens with zero attached hydrogens (tertiary/aromatic N) is 2. The summed E-state index contributed by atoms with van der Waals surface area (Å²) in [6, 6.07) is 20.6. The lowest BCUT2D eigenvalue weighted by molar-refractivity contribution is 0.220. The van der Waals surface area contributed by atoms with Crippen molar-refractivity contribution in [3.05, 3.63) is 94.0 Å². The van der Waals surface area contributed by atoms with Gasteiger partial charge in [0.05, 0.1) is 21.3 Å². The second-order valence-corrected chi connectivity index (χ2v) is 12.3. The number of methoxy groups -OCH3 is 3. The third kappa shape index (κ3) is 5.32. The van der Waals surface area contributed by atoms with Gasteiger partial charge in [0.15, 0.2) is 34.5 Å². The lowest BCUT2D eigenvalue weighted by Crippen LogP contribution is -2.34. The van der Waals surface area contributed by atoms with Crippen molar-refractivity contribution in [2.75, 3.05) is 48.5 Å². The molecule has 4 aromatic rings. The van der Waals surface area contributed by atoms with E-state index in [0.717, 1.165) is 54.8 Å². The van der Waals surface area contributed by atoms with E-state index in [1.165, 1.54) is 16.7 Å². The van der Waals surface area contributed by atoms with Crippen LogP contribution >= 0.6 is 0 Å². The fraction of sp³-hybridized carbons (Fsp3) is 0.351. The van der Waals surface area contributed by atoms with Crippen LogP contribution in [0.4, 0.5) is 0 Å². The molecule has 9 rings (SSSR count). The highest BCUT2D eigenvalue weighted by molar-refractivity contribution is 5.63. The first-order chi connectivity index (χ1) is 21.9. The molecule has 0 unspecified atom stereocenters. The van der Waals surface area contributed by atoms with Gasteiger partial charge in [0, 0.05) is 30.7 Å². The topological polar surface area (TPSA) is 72.9 Å². The Morgan fingerprint density at radius 1 is 0.689 bits per heavy atom. The Bertz CT molecular complexity index is 1740. The maximum Gasteiger partial charge on any atom is 0.204 e. The Labute approximate surface area is 264 Å². The number of phenols is 1. The minimum absolute atomic E-state index is 0.0532. The zero-order valence-electron chi connectivity index (χ0n) is 26.6. The molecule has 4 aromatic carbocycles. The van der Waals surface area contributed by atoms with Crippen LogP contribution in [0, 0.1) is 0 Å². The van der Waals surface area contributed by atoms with Crippen molar-refractivity contribution in [3.63, 3.8) is 0 Å². The summed E-state index contributed by atoms with van der Waals surface area (Å²) >= 11 is 0. The second kappa shape index (κ2) is 11.8. The van der Waals surface area contributed by atoms with Gasteiger partial charge in [-0.3, -0.25) is 9.80 Å². The highest BCUT2D eigenvalue weighted by Crippen LogP contribution is 2.51. The van der Waals surface area contributed by atoms with Crippen LogP contribution in [0.15, 0.2) is 60.7 Å². The molecule has 8 heteroatoms. The van der Waals surface area contributed by atoms with E-state index in [0.29, 0.717) is 40.9 Å². The first kappa shape index (κ1) is 29.3. The SMILES string of the molecule is COc1ccc2cc1Oc1ccc(cc1)C[C@@H]1c3cc(OC)c(cc3CCN1C)Oc1c(OC)c(O)cc3c1[C@H](C2)N(C)CC3. The molecule has 0 aromatic heterocycles. The summed E-state index contributed by atoms with van der Waals surface area (Å²) in [5.41, 5.74) is 6.81. The highest BCUT2D eigenvalue weighted by atomic mass is 16.5. The summed E-state index contributed by atoms with van der Waals surface area (Å²) in [7, 11) is 9.22. The molecular weight excluding hydrogens is 568 g/mol.